The van der Waals surface area contributed by atoms with E-state index < -0.39 is 0 Å². The third kappa shape index (κ3) is 2.46. The number of hydrogen-bond acceptors (Lipinski definition) is 1. The summed E-state index contributed by atoms with van der Waals surface area (Å²) in [5.41, 5.74) is 3.37. The molecule has 0 saturated carbocycles. The summed E-state index contributed by atoms with van der Waals surface area (Å²) in [4.78, 5) is 2.60. The van der Waals surface area contributed by atoms with Crippen molar-refractivity contribution in [1.29, 1.82) is 0 Å². The highest BCUT2D eigenvalue weighted by Gasteiger charge is 2.35. The van der Waals surface area contributed by atoms with Gasteiger partial charge in [0.25, 0.3) is 0 Å². The Labute approximate surface area is 141 Å². The molecule has 1 aliphatic rings. The van der Waals surface area contributed by atoms with Crippen molar-refractivity contribution in [1.82, 2.24) is 0 Å². The van der Waals surface area contributed by atoms with E-state index in [4.69, 9.17) is 0 Å². The molecule has 0 spiro atoms. The second-order valence-corrected chi connectivity index (χ2v) is 6.92. The first-order valence-corrected chi connectivity index (χ1v) is 8.54. The molecule has 0 bridgehead atoms. The number of fused-ring (bicyclic) bond motifs is 2. The highest BCUT2D eigenvalue weighted by molar-refractivity contribution is 7.99. The van der Waals surface area contributed by atoms with Crippen molar-refractivity contribution in [3.63, 3.8) is 0 Å². The lowest BCUT2D eigenvalue weighted by Crippen LogP contribution is -2.25. The topological polar surface area (TPSA) is 0 Å². The van der Waals surface area contributed by atoms with Crippen LogP contribution in [0.1, 0.15) is 23.6 Å². The van der Waals surface area contributed by atoms with Gasteiger partial charge < -0.3 is 0 Å². The molecule has 0 amide bonds. The van der Waals surface area contributed by atoms with Crippen LogP contribution in [0.2, 0.25) is 0 Å². The predicted molar refractivity (Wildman–Crippen MR) is 96.8 cm³/mol. The normalized spacial score (nSPS) is 14.1. The Kier molecular flexibility index (Phi) is 3.48. The van der Waals surface area contributed by atoms with Crippen molar-refractivity contribution in [2.45, 2.75) is 22.1 Å². The lowest BCUT2D eigenvalue weighted by Gasteiger charge is -2.33. The average molecular weight is 312 g/mol. The summed E-state index contributed by atoms with van der Waals surface area (Å²) in [6.07, 6.45) is 0. The molecule has 1 heteroatoms. The number of hydrogen-bond donors (Lipinski definition) is 0. The van der Waals surface area contributed by atoms with E-state index in [0.717, 1.165) is 5.56 Å². The summed E-state index contributed by atoms with van der Waals surface area (Å²) < 4.78 is 0. The van der Waals surface area contributed by atoms with E-state index >= 15 is 0 Å². The molecular weight excluding hydrogens is 296 g/mol. The van der Waals surface area contributed by atoms with Gasteiger partial charge in [-0.1, -0.05) is 78.2 Å². The molecule has 0 aromatic heterocycles. The summed E-state index contributed by atoms with van der Waals surface area (Å²) in [6.45, 7) is 2.24. The van der Waals surface area contributed by atoms with E-state index in [2.05, 4.69) is 79.4 Å². The first-order valence-electron chi connectivity index (χ1n) is 7.72. The van der Waals surface area contributed by atoms with Crippen LogP contribution in [0.3, 0.4) is 0 Å². The fourth-order valence-corrected chi connectivity index (χ4v) is 4.35. The maximum absolute atomic E-state index is 3.56. The molecule has 110 valence electrons. The highest BCUT2D eigenvalue weighted by Crippen LogP contribution is 2.48. The number of benzene rings is 3. The Hall–Kier alpha value is -2.43. The maximum Gasteiger partial charge on any atom is 0.0809 e. The molecule has 0 fully saturated rings. The smallest absolute Gasteiger partial charge is 0.0809 e. The summed E-state index contributed by atoms with van der Waals surface area (Å²) >= 11 is 1.84. The van der Waals surface area contributed by atoms with Crippen LogP contribution in [-0.2, 0) is 5.41 Å². The molecule has 4 rings (SSSR count). The van der Waals surface area contributed by atoms with Crippen LogP contribution in [0, 0.1) is 11.8 Å². The third-order valence-electron chi connectivity index (χ3n) is 4.30. The molecule has 0 unspecified atom stereocenters. The van der Waals surface area contributed by atoms with E-state index in [9.17, 15) is 0 Å². The highest BCUT2D eigenvalue weighted by atomic mass is 32.2. The maximum atomic E-state index is 3.56. The minimum Gasteiger partial charge on any atom is -0.0894 e. The van der Waals surface area contributed by atoms with Gasteiger partial charge in [-0.25, -0.2) is 0 Å². The van der Waals surface area contributed by atoms with E-state index in [1.54, 1.807) is 0 Å². The minimum atomic E-state index is -0.283. The van der Waals surface area contributed by atoms with Gasteiger partial charge in [0.1, 0.15) is 0 Å². The second-order valence-electron chi connectivity index (χ2n) is 5.84. The summed E-state index contributed by atoms with van der Waals surface area (Å²) in [7, 11) is 0. The molecule has 1 aliphatic heterocycles. The van der Waals surface area contributed by atoms with Crippen LogP contribution in [0.15, 0.2) is 88.7 Å². The van der Waals surface area contributed by atoms with Crippen LogP contribution < -0.4 is 0 Å². The van der Waals surface area contributed by atoms with Crippen molar-refractivity contribution < 1.29 is 0 Å². The molecule has 23 heavy (non-hydrogen) atoms. The van der Waals surface area contributed by atoms with Crippen molar-refractivity contribution in [2.24, 2.45) is 0 Å². The van der Waals surface area contributed by atoms with Gasteiger partial charge in [-0.2, -0.15) is 0 Å². The lowest BCUT2D eigenvalue weighted by atomic mass is 9.76. The first-order chi connectivity index (χ1) is 11.3. The summed E-state index contributed by atoms with van der Waals surface area (Å²) in [5.74, 6) is 6.94. The Morgan fingerprint density at radius 1 is 0.696 bits per heavy atom. The minimum absolute atomic E-state index is 0.283. The van der Waals surface area contributed by atoms with Gasteiger partial charge in [0, 0.05) is 15.4 Å². The fraction of sp³-hybridized carbons (Fsp3) is 0.0909. The first kappa shape index (κ1) is 14.2. The molecule has 0 radical (unpaired) electrons. The average Bonchev–Trinajstić information content (AvgIpc) is 2.61. The van der Waals surface area contributed by atoms with Crippen LogP contribution in [0.4, 0.5) is 0 Å². The van der Waals surface area contributed by atoms with Gasteiger partial charge in [0.15, 0.2) is 0 Å². The van der Waals surface area contributed by atoms with Crippen molar-refractivity contribution in [2.75, 3.05) is 0 Å². The van der Waals surface area contributed by atoms with Gasteiger partial charge >= 0.3 is 0 Å². The van der Waals surface area contributed by atoms with Crippen molar-refractivity contribution in [3.05, 3.63) is 95.6 Å². The molecule has 0 nitrogen and oxygen atoms in total. The van der Waals surface area contributed by atoms with Crippen LogP contribution in [-0.4, -0.2) is 0 Å². The Morgan fingerprint density at radius 2 is 1.22 bits per heavy atom. The fourth-order valence-electron chi connectivity index (χ4n) is 3.05. The zero-order chi connectivity index (χ0) is 15.7. The Balaban J connectivity index is 1.92. The molecule has 3 aromatic carbocycles. The van der Waals surface area contributed by atoms with Gasteiger partial charge in [-0.05, 0) is 42.3 Å². The van der Waals surface area contributed by atoms with Crippen molar-refractivity contribution >= 4 is 11.8 Å². The van der Waals surface area contributed by atoms with E-state index in [-0.39, 0.29) is 5.41 Å². The molecule has 1 heterocycles. The van der Waals surface area contributed by atoms with Crippen molar-refractivity contribution in [3.8, 4) is 11.8 Å². The molecule has 0 saturated heterocycles. The Bertz CT molecular complexity index is 868. The van der Waals surface area contributed by atoms with Gasteiger partial charge in [0.05, 0.1) is 5.41 Å². The summed E-state index contributed by atoms with van der Waals surface area (Å²) in [5, 5.41) is 0. The number of rotatable bonds is 0. The van der Waals surface area contributed by atoms with Gasteiger partial charge in [-0.3, -0.25) is 0 Å². The van der Waals surface area contributed by atoms with Crippen LogP contribution >= 0.6 is 11.8 Å². The molecule has 0 N–H and O–H groups in total. The lowest BCUT2D eigenvalue weighted by molar-refractivity contribution is 0.708. The SMILES string of the molecule is CC1(C#Cc2ccccc2)c2ccccc2Sc2ccccc21. The molecular formula is C22H16S. The summed E-state index contributed by atoms with van der Waals surface area (Å²) in [6, 6.07) is 27.4. The van der Waals surface area contributed by atoms with E-state index in [1.165, 1.54) is 20.9 Å². The second kappa shape index (κ2) is 5.65. The van der Waals surface area contributed by atoms with Crippen LogP contribution in [0.5, 0.6) is 0 Å². The standard InChI is InChI=1S/C22H16S/c1-22(16-15-17-9-3-2-4-10-17)18-11-5-7-13-20(18)23-21-14-8-6-12-19(21)22/h2-14H,1H3. The zero-order valence-electron chi connectivity index (χ0n) is 12.9. The molecule has 3 aromatic rings. The molecule has 0 aliphatic carbocycles. The quantitative estimate of drug-likeness (QED) is 0.493. The predicted octanol–water partition coefficient (Wildman–Crippen LogP) is 5.51. The Morgan fingerprint density at radius 3 is 1.83 bits per heavy atom. The zero-order valence-corrected chi connectivity index (χ0v) is 13.7. The van der Waals surface area contributed by atoms with Gasteiger partial charge in [0.2, 0.25) is 0 Å². The largest absolute Gasteiger partial charge is 0.0894 e. The van der Waals surface area contributed by atoms with Crippen LogP contribution in [0.25, 0.3) is 0 Å². The monoisotopic (exact) mass is 312 g/mol. The van der Waals surface area contributed by atoms with Gasteiger partial charge in [-0.15, -0.1) is 0 Å². The van der Waals surface area contributed by atoms with E-state index in [1.807, 2.05) is 30.0 Å². The van der Waals surface area contributed by atoms with E-state index in [0.29, 0.717) is 0 Å². The third-order valence-corrected chi connectivity index (χ3v) is 5.45. The molecule has 0 atom stereocenters.